The Hall–Kier alpha value is -1.19. The number of halogens is 3. The summed E-state index contributed by atoms with van der Waals surface area (Å²) in [6.07, 6.45) is -1.18. The summed E-state index contributed by atoms with van der Waals surface area (Å²) in [5, 5.41) is 0. The maximum Gasteiger partial charge on any atom is 0.418 e. The fraction of sp³-hybridized carbons (Fsp3) is 0.500. The van der Waals surface area contributed by atoms with Crippen molar-refractivity contribution < 1.29 is 13.2 Å². The first-order chi connectivity index (χ1) is 7.59. The van der Waals surface area contributed by atoms with Crippen LogP contribution in [0, 0.1) is 0 Å². The van der Waals surface area contributed by atoms with Crippen LogP contribution in [0.5, 0.6) is 0 Å². The molecular formula is C12H14F3N. The van der Waals surface area contributed by atoms with E-state index in [1.54, 1.807) is 12.1 Å². The second-order valence-electron chi connectivity index (χ2n) is 4.06. The van der Waals surface area contributed by atoms with E-state index in [1.807, 2.05) is 4.90 Å². The van der Waals surface area contributed by atoms with Crippen molar-refractivity contribution in [1.82, 2.24) is 0 Å². The van der Waals surface area contributed by atoms with E-state index in [2.05, 4.69) is 0 Å². The molecule has 0 bridgehead atoms. The number of para-hydroxylation sites is 1. The molecule has 88 valence electrons. The minimum Gasteiger partial charge on any atom is -0.371 e. The van der Waals surface area contributed by atoms with Crippen LogP contribution in [0.2, 0.25) is 0 Å². The van der Waals surface area contributed by atoms with E-state index in [9.17, 15) is 13.2 Å². The van der Waals surface area contributed by atoms with E-state index in [0.717, 1.165) is 38.4 Å². The van der Waals surface area contributed by atoms with Gasteiger partial charge in [-0.1, -0.05) is 12.1 Å². The van der Waals surface area contributed by atoms with Gasteiger partial charge in [-0.05, 0) is 31.4 Å². The van der Waals surface area contributed by atoms with Gasteiger partial charge >= 0.3 is 6.18 Å². The van der Waals surface area contributed by atoms with Crippen molar-refractivity contribution in [1.29, 1.82) is 0 Å². The molecule has 1 fully saturated rings. The summed E-state index contributed by atoms with van der Waals surface area (Å²) in [6.45, 7) is 1.46. The Morgan fingerprint density at radius 2 is 1.56 bits per heavy atom. The average molecular weight is 229 g/mol. The third kappa shape index (κ3) is 2.31. The summed E-state index contributed by atoms with van der Waals surface area (Å²) < 4.78 is 38.3. The van der Waals surface area contributed by atoms with Crippen molar-refractivity contribution >= 4 is 5.69 Å². The molecule has 0 aliphatic carbocycles. The third-order valence-corrected chi connectivity index (χ3v) is 2.91. The topological polar surface area (TPSA) is 3.24 Å². The molecule has 0 atom stereocenters. The van der Waals surface area contributed by atoms with Crippen molar-refractivity contribution in [3.05, 3.63) is 29.8 Å². The molecule has 2 rings (SSSR count). The van der Waals surface area contributed by atoms with Gasteiger partial charge in [0.1, 0.15) is 0 Å². The van der Waals surface area contributed by atoms with Gasteiger partial charge in [-0.15, -0.1) is 0 Å². The predicted octanol–water partition coefficient (Wildman–Crippen LogP) is 3.70. The third-order valence-electron chi connectivity index (χ3n) is 2.91. The van der Waals surface area contributed by atoms with E-state index >= 15 is 0 Å². The van der Waals surface area contributed by atoms with Gasteiger partial charge < -0.3 is 4.90 Å². The molecule has 0 unspecified atom stereocenters. The van der Waals surface area contributed by atoms with Crippen molar-refractivity contribution in [2.24, 2.45) is 0 Å². The first-order valence-electron chi connectivity index (χ1n) is 5.50. The van der Waals surface area contributed by atoms with Crippen molar-refractivity contribution in [3.63, 3.8) is 0 Å². The monoisotopic (exact) mass is 229 g/mol. The predicted molar refractivity (Wildman–Crippen MR) is 57.5 cm³/mol. The molecule has 1 aromatic rings. The Balaban J connectivity index is 2.32. The van der Waals surface area contributed by atoms with Crippen LogP contribution in [0.25, 0.3) is 0 Å². The zero-order chi connectivity index (χ0) is 11.6. The number of nitrogens with zero attached hydrogens (tertiary/aromatic N) is 1. The molecule has 0 aromatic heterocycles. The highest BCUT2D eigenvalue weighted by Gasteiger charge is 2.34. The van der Waals surface area contributed by atoms with Crippen LogP contribution in [0.15, 0.2) is 24.3 Å². The summed E-state index contributed by atoms with van der Waals surface area (Å²) in [4.78, 5) is 1.84. The lowest BCUT2D eigenvalue weighted by Crippen LogP contribution is -2.31. The van der Waals surface area contributed by atoms with Gasteiger partial charge in [0.05, 0.1) is 5.56 Å². The average Bonchev–Trinajstić information content (AvgIpc) is 2.29. The molecule has 1 aromatic carbocycles. The summed E-state index contributed by atoms with van der Waals surface area (Å²) in [7, 11) is 0. The van der Waals surface area contributed by atoms with E-state index < -0.39 is 11.7 Å². The van der Waals surface area contributed by atoms with Gasteiger partial charge in [0.2, 0.25) is 0 Å². The van der Waals surface area contributed by atoms with Crippen LogP contribution < -0.4 is 4.90 Å². The Morgan fingerprint density at radius 1 is 0.938 bits per heavy atom. The Morgan fingerprint density at radius 3 is 2.19 bits per heavy atom. The summed E-state index contributed by atoms with van der Waals surface area (Å²) in [6, 6.07) is 5.83. The highest BCUT2D eigenvalue weighted by atomic mass is 19.4. The number of hydrogen-bond acceptors (Lipinski definition) is 1. The number of alkyl halides is 3. The van der Waals surface area contributed by atoms with Gasteiger partial charge in [-0.2, -0.15) is 13.2 Å². The summed E-state index contributed by atoms with van der Waals surface area (Å²) in [5.41, 5.74) is -0.188. The van der Waals surface area contributed by atoms with E-state index in [0.29, 0.717) is 5.69 Å². The van der Waals surface area contributed by atoms with Crippen LogP contribution in [-0.4, -0.2) is 13.1 Å². The molecule has 0 radical (unpaired) electrons. The van der Waals surface area contributed by atoms with Gasteiger partial charge in [0, 0.05) is 18.8 Å². The highest BCUT2D eigenvalue weighted by Crippen LogP contribution is 2.37. The molecule has 1 aliphatic heterocycles. The summed E-state index contributed by atoms with van der Waals surface area (Å²) in [5.74, 6) is 0. The number of anilines is 1. The first-order valence-corrected chi connectivity index (χ1v) is 5.50. The molecule has 0 spiro atoms. The zero-order valence-electron chi connectivity index (χ0n) is 8.93. The van der Waals surface area contributed by atoms with Gasteiger partial charge in [0.25, 0.3) is 0 Å². The molecule has 16 heavy (non-hydrogen) atoms. The molecule has 0 amide bonds. The largest absolute Gasteiger partial charge is 0.418 e. The maximum absolute atomic E-state index is 12.8. The molecular weight excluding hydrogens is 215 g/mol. The van der Waals surface area contributed by atoms with Crippen molar-refractivity contribution in [3.8, 4) is 0 Å². The normalized spacial score (nSPS) is 17.6. The Labute approximate surface area is 92.9 Å². The standard InChI is InChI=1S/C12H14F3N/c13-12(14,15)10-6-2-3-7-11(10)16-8-4-1-5-9-16/h2-3,6-7H,1,4-5,8-9H2. The maximum atomic E-state index is 12.8. The molecule has 1 saturated heterocycles. The van der Waals surface area contributed by atoms with Crippen LogP contribution in [-0.2, 0) is 6.18 Å². The van der Waals surface area contributed by atoms with Crippen LogP contribution in [0.3, 0.4) is 0 Å². The minimum absolute atomic E-state index is 0.328. The number of benzene rings is 1. The Kier molecular flexibility index (Phi) is 3.08. The summed E-state index contributed by atoms with van der Waals surface area (Å²) >= 11 is 0. The van der Waals surface area contributed by atoms with Crippen molar-refractivity contribution in [2.75, 3.05) is 18.0 Å². The number of hydrogen-bond donors (Lipinski definition) is 0. The highest BCUT2D eigenvalue weighted by molar-refractivity contribution is 5.55. The lowest BCUT2D eigenvalue weighted by Gasteiger charge is -2.30. The number of piperidine rings is 1. The van der Waals surface area contributed by atoms with Crippen LogP contribution in [0.4, 0.5) is 18.9 Å². The van der Waals surface area contributed by atoms with Gasteiger partial charge in [0.15, 0.2) is 0 Å². The van der Waals surface area contributed by atoms with Gasteiger partial charge in [-0.3, -0.25) is 0 Å². The second-order valence-corrected chi connectivity index (χ2v) is 4.06. The van der Waals surface area contributed by atoms with Crippen LogP contribution in [0.1, 0.15) is 24.8 Å². The van der Waals surface area contributed by atoms with Crippen molar-refractivity contribution in [2.45, 2.75) is 25.4 Å². The molecule has 1 aliphatic rings. The van der Waals surface area contributed by atoms with Crippen LogP contribution >= 0.6 is 0 Å². The fourth-order valence-electron chi connectivity index (χ4n) is 2.12. The zero-order valence-corrected chi connectivity index (χ0v) is 8.93. The first kappa shape index (κ1) is 11.3. The Bertz CT molecular complexity index is 354. The molecule has 4 heteroatoms. The van der Waals surface area contributed by atoms with Gasteiger partial charge in [-0.25, -0.2) is 0 Å². The lowest BCUT2D eigenvalue weighted by molar-refractivity contribution is -0.137. The molecule has 0 N–H and O–H groups in total. The van der Waals surface area contributed by atoms with E-state index in [1.165, 1.54) is 6.07 Å². The quantitative estimate of drug-likeness (QED) is 0.709. The fourth-order valence-corrected chi connectivity index (χ4v) is 2.12. The number of rotatable bonds is 1. The van der Waals surface area contributed by atoms with E-state index in [4.69, 9.17) is 0 Å². The smallest absolute Gasteiger partial charge is 0.371 e. The lowest BCUT2D eigenvalue weighted by atomic mass is 10.1. The molecule has 0 saturated carbocycles. The minimum atomic E-state index is -4.26. The second kappa shape index (κ2) is 4.36. The molecule has 1 heterocycles. The molecule has 1 nitrogen and oxygen atoms in total. The van der Waals surface area contributed by atoms with E-state index in [-0.39, 0.29) is 0 Å². The SMILES string of the molecule is FC(F)(F)c1ccccc1N1CCCCC1.